The number of benzene rings is 2. The molecule has 112 valence electrons. The maximum Gasteiger partial charge on any atom is 0.179 e. The first-order valence-corrected chi connectivity index (χ1v) is 7.14. The molecule has 21 heavy (non-hydrogen) atoms. The zero-order chi connectivity index (χ0) is 14.2. The standard InChI is InChI=1S/C18H21NO.ClH/c1-15(18(20)17-12-6-3-7-13-17)19-14-8-11-16-9-4-2-5-10-16;/h2-7,9-10,12-13,15,19H,8,11,14H2,1H3;1H. The van der Waals surface area contributed by atoms with Gasteiger partial charge < -0.3 is 5.32 Å². The van der Waals surface area contributed by atoms with Crippen molar-refractivity contribution >= 4 is 18.2 Å². The molecule has 1 N–H and O–H groups in total. The lowest BCUT2D eigenvalue weighted by molar-refractivity contribution is 0.0951. The molecule has 0 aliphatic heterocycles. The molecule has 2 aromatic rings. The van der Waals surface area contributed by atoms with Crippen LogP contribution in [0.15, 0.2) is 60.7 Å². The van der Waals surface area contributed by atoms with Crippen molar-refractivity contribution < 1.29 is 4.79 Å². The SMILES string of the molecule is CC(NCCCc1ccccc1)C(=O)c1ccccc1.Cl. The fourth-order valence-electron chi connectivity index (χ4n) is 2.20. The molecule has 0 bridgehead atoms. The van der Waals surface area contributed by atoms with E-state index in [9.17, 15) is 4.79 Å². The molecular weight excluding hydrogens is 282 g/mol. The molecule has 0 saturated carbocycles. The fourth-order valence-corrected chi connectivity index (χ4v) is 2.20. The van der Waals surface area contributed by atoms with Crippen LogP contribution in [-0.2, 0) is 6.42 Å². The smallest absolute Gasteiger partial charge is 0.179 e. The fraction of sp³-hybridized carbons (Fsp3) is 0.278. The van der Waals surface area contributed by atoms with Gasteiger partial charge in [0.25, 0.3) is 0 Å². The molecular formula is C18H22ClNO. The number of hydrogen-bond acceptors (Lipinski definition) is 2. The van der Waals surface area contributed by atoms with Gasteiger partial charge in [-0.1, -0.05) is 60.7 Å². The highest BCUT2D eigenvalue weighted by Crippen LogP contribution is 2.04. The molecule has 2 aromatic carbocycles. The number of carbonyl (C=O) groups is 1. The van der Waals surface area contributed by atoms with E-state index in [4.69, 9.17) is 0 Å². The third kappa shape index (κ3) is 5.70. The number of aryl methyl sites for hydroxylation is 1. The maximum atomic E-state index is 12.1. The number of hydrogen-bond donors (Lipinski definition) is 1. The van der Waals surface area contributed by atoms with Crippen molar-refractivity contribution in [3.8, 4) is 0 Å². The number of Topliss-reactive ketones (excluding diaryl/α,β-unsaturated/α-hetero) is 1. The van der Waals surface area contributed by atoms with Crippen molar-refractivity contribution in [3.05, 3.63) is 71.8 Å². The van der Waals surface area contributed by atoms with Gasteiger partial charge >= 0.3 is 0 Å². The van der Waals surface area contributed by atoms with Gasteiger partial charge in [-0.05, 0) is 31.9 Å². The normalized spacial score (nSPS) is 11.5. The quantitative estimate of drug-likeness (QED) is 0.621. The van der Waals surface area contributed by atoms with Crippen molar-refractivity contribution in [3.63, 3.8) is 0 Å². The Hall–Kier alpha value is -1.64. The third-order valence-electron chi connectivity index (χ3n) is 3.39. The largest absolute Gasteiger partial charge is 0.307 e. The molecule has 0 heterocycles. The summed E-state index contributed by atoms with van der Waals surface area (Å²) >= 11 is 0. The minimum atomic E-state index is -0.131. The summed E-state index contributed by atoms with van der Waals surface area (Å²) in [5.41, 5.74) is 2.12. The van der Waals surface area contributed by atoms with Crippen molar-refractivity contribution in [1.29, 1.82) is 0 Å². The first kappa shape index (κ1) is 17.4. The Morgan fingerprint density at radius 1 is 1.00 bits per heavy atom. The lowest BCUT2D eigenvalue weighted by Crippen LogP contribution is -2.34. The van der Waals surface area contributed by atoms with Gasteiger partial charge in [0.15, 0.2) is 5.78 Å². The zero-order valence-corrected chi connectivity index (χ0v) is 13.1. The van der Waals surface area contributed by atoms with Gasteiger partial charge in [0.05, 0.1) is 6.04 Å². The molecule has 0 spiro atoms. The molecule has 0 aliphatic rings. The molecule has 0 radical (unpaired) electrons. The summed E-state index contributed by atoms with van der Waals surface area (Å²) in [6.07, 6.45) is 2.08. The van der Waals surface area contributed by atoms with Gasteiger partial charge in [-0.15, -0.1) is 12.4 Å². The van der Waals surface area contributed by atoms with E-state index in [0.29, 0.717) is 0 Å². The summed E-state index contributed by atoms with van der Waals surface area (Å²) < 4.78 is 0. The van der Waals surface area contributed by atoms with E-state index in [2.05, 4.69) is 29.6 Å². The van der Waals surface area contributed by atoms with Crippen LogP contribution in [0.1, 0.15) is 29.3 Å². The molecule has 0 amide bonds. The number of ketones is 1. The molecule has 0 saturated heterocycles. The van der Waals surface area contributed by atoms with E-state index in [1.807, 2.05) is 43.3 Å². The lowest BCUT2D eigenvalue weighted by Gasteiger charge is -2.12. The van der Waals surface area contributed by atoms with E-state index in [1.54, 1.807) is 0 Å². The van der Waals surface area contributed by atoms with E-state index in [1.165, 1.54) is 5.56 Å². The molecule has 0 aliphatic carbocycles. The Morgan fingerprint density at radius 3 is 2.19 bits per heavy atom. The summed E-state index contributed by atoms with van der Waals surface area (Å²) in [6.45, 7) is 2.78. The van der Waals surface area contributed by atoms with Crippen LogP contribution < -0.4 is 5.32 Å². The van der Waals surface area contributed by atoms with Gasteiger partial charge in [0, 0.05) is 5.56 Å². The van der Waals surface area contributed by atoms with Crippen LogP contribution in [-0.4, -0.2) is 18.4 Å². The lowest BCUT2D eigenvalue weighted by atomic mass is 10.1. The van der Waals surface area contributed by atoms with Crippen LogP contribution in [0.4, 0.5) is 0 Å². The Labute approximate surface area is 133 Å². The van der Waals surface area contributed by atoms with Gasteiger partial charge in [-0.25, -0.2) is 0 Å². The summed E-state index contributed by atoms with van der Waals surface area (Å²) in [6, 6.07) is 19.7. The Morgan fingerprint density at radius 2 is 1.57 bits per heavy atom. The highest BCUT2D eigenvalue weighted by atomic mass is 35.5. The monoisotopic (exact) mass is 303 g/mol. The summed E-state index contributed by atoms with van der Waals surface area (Å²) in [4.78, 5) is 12.1. The molecule has 2 nitrogen and oxygen atoms in total. The van der Waals surface area contributed by atoms with Crippen molar-refractivity contribution in [2.24, 2.45) is 0 Å². The first-order chi connectivity index (χ1) is 9.77. The average molecular weight is 304 g/mol. The molecule has 3 heteroatoms. The predicted octanol–water partition coefficient (Wildman–Crippen LogP) is 3.90. The highest BCUT2D eigenvalue weighted by molar-refractivity contribution is 5.99. The third-order valence-corrected chi connectivity index (χ3v) is 3.39. The van der Waals surface area contributed by atoms with E-state index in [0.717, 1.165) is 24.9 Å². The average Bonchev–Trinajstić information content (AvgIpc) is 2.52. The summed E-state index contributed by atoms with van der Waals surface area (Å²) in [5, 5.41) is 3.30. The summed E-state index contributed by atoms with van der Waals surface area (Å²) in [7, 11) is 0. The van der Waals surface area contributed by atoms with Crippen molar-refractivity contribution in [2.75, 3.05) is 6.54 Å². The molecule has 1 unspecified atom stereocenters. The zero-order valence-electron chi connectivity index (χ0n) is 12.3. The molecule has 0 fully saturated rings. The number of nitrogens with one attached hydrogen (secondary N) is 1. The second-order valence-electron chi connectivity index (χ2n) is 5.00. The topological polar surface area (TPSA) is 29.1 Å². The maximum absolute atomic E-state index is 12.1. The van der Waals surface area contributed by atoms with Crippen LogP contribution >= 0.6 is 12.4 Å². The predicted molar refractivity (Wildman–Crippen MR) is 90.2 cm³/mol. The van der Waals surface area contributed by atoms with Gasteiger partial charge in [-0.3, -0.25) is 4.79 Å². The van der Waals surface area contributed by atoms with Crippen LogP contribution in [0.3, 0.4) is 0 Å². The number of halogens is 1. The molecule has 2 rings (SSSR count). The highest BCUT2D eigenvalue weighted by Gasteiger charge is 2.13. The van der Waals surface area contributed by atoms with Gasteiger partial charge in [0.2, 0.25) is 0 Å². The first-order valence-electron chi connectivity index (χ1n) is 7.14. The van der Waals surface area contributed by atoms with Crippen molar-refractivity contribution in [2.45, 2.75) is 25.8 Å². The van der Waals surface area contributed by atoms with E-state index in [-0.39, 0.29) is 24.2 Å². The minimum absolute atomic E-state index is 0. The Bertz CT molecular complexity index is 527. The Balaban J connectivity index is 0.00000220. The van der Waals surface area contributed by atoms with E-state index < -0.39 is 0 Å². The van der Waals surface area contributed by atoms with Crippen LogP contribution in [0.25, 0.3) is 0 Å². The van der Waals surface area contributed by atoms with Crippen LogP contribution in [0.2, 0.25) is 0 Å². The second-order valence-corrected chi connectivity index (χ2v) is 5.00. The Kier molecular flexibility index (Phi) is 7.73. The number of rotatable bonds is 7. The minimum Gasteiger partial charge on any atom is -0.307 e. The van der Waals surface area contributed by atoms with Crippen molar-refractivity contribution in [1.82, 2.24) is 5.32 Å². The van der Waals surface area contributed by atoms with E-state index >= 15 is 0 Å². The molecule has 0 aromatic heterocycles. The second kappa shape index (κ2) is 9.32. The summed E-state index contributed by atoms with van der Waals surface area (Å²) in [5.74, 6) is 0.158. The number of carbonyl (C=O) groups excluding carboxylic acids is 1. The van der Waals surface area contributed by atoms with Crippen LogP contribution in [0.5, 0.6) is 0 Å². The van der Waals surface area contributed by atoms with Gasteiger partial charge in [-0.2, -0.15) is 0 Å². The van der Waals surface area contributed by atoms with Crippen LogP contribution in [0, 0.1) is 0 Å². The van der Waals surface area contributed by atoms with Gasteiger partial charge in [0.1, 0.15) is 0 Å². The molecule has 1 atom stereocenters.